The van der Waals surface area contributed by atoms with Gasteiger partial charge >= 0.3 is 18.0 Å². The van der Waals surface area contributed by atoms with Gasteiger partial charge in [0, 0.05) is 74.2 Å². The summed E-state index contributed by atoms with van der Waals surface area (Å²) in [5.74, 6) is -1.53. The van der Waals surface area contributed by atoms with Crippen molar-refractivity contribution in [2.45, 2.75) is 31.7 Å². The third-order valence-corrected chi connectivity index (χ3v) is 7.17. The van der Waals surface area contributed by atoms with Crippen LogP contribution in [0.15, 0.2) is 28.8 Å². The summed E-state index contributed by atoms with van der Waals surface area (Å²) in [4.78, 5) is 48.0. The lowest BCUT2D eigenvalue weighted by atomic mass is 9.95. The molecule has 3 rings (SSSR count). The summed E-state index contributed by atoms with van der Waals surface area (Å²) in [5.41, 5.74) is 6.91. The van der Waals surface area contributed by atoms with Crippen LogP contribution in [-0.2, 0) is 9.59 Å². The van der Waals surface area contributed by atoms with Crippen molar-refractivity contribution in [1.29, 1.82) is 0 Å². The number of likely N-dealkylation sites (tertiary alicyclic amines) is 2. The van der Waals surface area contributed by atoms with Crippen LogP contribution in [-0.4, -0.2) is 96.8 Å². The molecular weight excluding hydrogens is 562 g/mol. The number of carbonyl (C=O) groups excluding carboxylic acids is 2. The Kier molecular flexibility index (Phi) is 12.3. The highest BCUT2D eigenvalue weighted by molar-refractivity contribution is 9.10. The Balaban J connectivity index is 0.000000550. The highest BCUT2D eigenvalue weighted by Gasteiger charge is 2.27. The minimum Gasteiger partial charge on any atom is -0.496 e. The van der Waals surface area contributed by atoms with Gasteiger partial charge in [0.1, 0.15) is 5.75 Å². The molecule has 0 aromatic heterocycles. The van der Waals surface area contributed by atoms with Gasteiger partial charge in [-0.05, 0) is 53.6 Å². The zero-order valence-electron chi connectivity index (χ0n) is 21.6. The number of urea groups is 1. The molecule has 38 heavy (non-hydrogen) atoms. The van der Waals surface area contributed by atoms with E-state index < -0.39 is 11.9 Å². The topological polar surface area (TPSA) is 175 Å². The molecule has 6 N–H and O–H groups in total. The summed E-state index contributed by atoms with van der Waals surface area (Å²) in [6.45, 7) is 4.68. The molecule has 2 aliphatic heterocycles. The van der Waals surface area contributed by atoms with Crippen molar-refractivity contribution in [2.24, 2.45) is 5.92 Å². The monoisotopic (exact) mass is 597 g/mol. The number of nitrogens with two attached hydrogens (primary N) is 1. The maximum absolute atomic E-state index is 12.8. The number of hydrogen-bond donors (Lipinski definition) is 5. The van der Waals surface area contributed by atoms with Crippen molar-refractivity contribution in [2.75, 3.05) is 52.6 Å². The number of halogens is 1. The summed E-state index contributed by atoms with van der Waals surface area (Å²) in [6.07, 6.45) is 5.08. The van der Waals surface area contributed by atoms with Crippen molar-refractivity contribution in [3.8, 4) is 5.75 Å². The number of methoxy groups -OCH3 is 1. The largest absolute Gasteiger partial charge is 0.496 e. The standard InChI is InChI=1S/C21H32BrN5O3.C4H4O4/c1-24-21(29)27-9-3-14(4-10-27)13-26-7-5-15(6-8-26)25-20(28)16-11-17(22)18(23)12-19(16)30-2;5-3(6)1-2-4(7)8/h11-12,14-15H,3-10,13,23H2,1-2H3,(H,24,29)(H,25,28);1-2H,(H,5,6)(H,7,8). The Labute approximate surface area is 230 Å². The second-order valence-electron chi connectivity index (χ2n) is 9.12. The molecule has 0 bridgehead atoms. The van der Waals surface area contributed by atoms with Crippen LogP contribution < -0.4 is 21.1 Å². The number of rotatable bonds is 7. The minimum atomic E-state index is -1.26. The molecule has 0 saturated carbocycles. The van der Waals surface area contributed by atoms with Crippen LogP contribution in [0.1, 0.15) is 36.0 Å². The van der Waals surface area contributed by atoms with E-state index in [9.17, 15) is 19.2 Å². The number of hydrogen-bond acceptors (Lipinski definition) is 7. The van der Waals surface area contributed by atoms with Crippen molar-refractivity contribution >= 4 is 45.5 Å². The first-order chi connectivity index (χ1) is 18.0. The molecule has 0 atom stereocenters. The van der Waals surface area contributed by atoms with Crippen molar-refractivity contribution < 1.29 is 34.1 Å². The van der Waals surface area contributed by atoms with E-state index >= 15 is 0 Å². The van der Waals surface area contributed by atoms with E-state index in [1.807, 2.05) is 4.90 Å². The lowest BCUT2D eigenvalue weighted by Crippen LogP contribution is -2.48. The summed E-state index contributed by atoms with van der Waals surface area (Å²) < 4.78 is 6.01. The van der Waals surface area contributed by atoms with Gasteiger partial charge in [-0.2, -0.15) is 0 Å². The number of aliphatic carboxylic acids is 2. The van der Waals surface area contributed by atoms with E-state index in [1.165, 1.54) is 7.11 Å². The van der Waals surface area contributed by atoms with Gasteiger partial charge in [-0.1, -0.05) is 0 Å². The second-order valence-corrected chi connectivity index (χ2v) is 9.97. The van der Waals surface area contributed by atoms with Crippen LogP contribution in [0.3, 0.4) is 0 Å². The van der Waals surface area contributed by atoms with Gasteiger partial charge in [-0.3, -0.25) is 4.79 Å². The van der Waals surface area contributed by atoms with Crippen LogP contribution in [0.2, 0.25) is 0 Å². The van der Waals surface area contributed by atoms with Crippen molar-refractivity contribution in [3.05, 3.63) is 34.3 Å². The van der Waals surface area contributed by atoms with Crippen LogP contribution in [0, 0.1) is 5.92 Å². The third kappa shape index (κ3) is 9.86. The fraction of sp³-hybridized carbons (Fsp3) is 0.520. The molecule has 3 amide bonds. The van der Waals surface area contributed by atoms with E-state index in [0.29, 0.717) is 39.5 Å². The number of nitrogen functional groups attached to an aromatic ring is 1. The SMILES string of the molecule is CNC(=O)N1CCC(CN2CCC(NC(=O)c3cc(Br)c(N)cc3OC)CC2)CC1.O=C(O)C=CC(=O)O. The third-order valence-electron chi connectivity index (χ3n) is 6.49. The molecule has 2 saturated heterocycles. The molecule has 0 radical (unpaired) electrons. The number of nitrogens with zero attached hydrogens (tertiary/aromatic N) is 2. The Morgan fingerprint density at radius 1 is 1.05 bits per heavy atom. The number of nitrogens with one attached hydrogen (secondary N) is 2. The Hall–Kier alpha value is -3.32. The Bertz CT molecular complexity index is 1000. The van der Waals surface area contributed by atoms with E-state index in [1.54, 1.807) is 19.2 Å². The number of carboxylic acids is 2. The molecule has 0 aliphatic carbocycles. The number of anilines is 1. The first-order valence-corrected chi connectivity index (χ1v) is 13.1. The van der Waals surface area contributed by atoms with E-state index in [4.69, 9.17) is 20.7 Å². The molecule has 2 aliphatic rings. The fourth-order valence-corrected chi connectivity index (χ4v) is 4.77. The number of amides is 3. The predicted octanol–water partition coefficient (Wildman–Crippen LogP) is 2.00. The summed E-state index contributed by atoms with van der Waals surface area (Å²) >= 11 is 3.38. The van der Waals surface area contributed by atoms with E-state index in [-0.39, 0.29) is 18.0 Å². The highest BCUT2D eigenvalue weighted by atomic mass is 79.9. The maximum atomic E-state index is 12.8. The molecule has 0 spiro atoms. The van der Waals surface area contributed by atoms with Gasteiger partial charge in [0.15, 0.2) is 0 Å². The van der Waals surface area contributed by atoms with E-state index in [2.05, 4.69) is 31.5 Å². The lowest BCUT2D eigenvalue weighted by Gasteiger charge is -2.37. The van der Waals surface area contributed by atoms with Crippen LogP contribution >= 0.6 is 15.9 Å². The van der Waals surface area contributed by atoms with Gasteiger partial charge in [0.25, 0.3) is 5.91 Å². The average Bonchev–Trinajstić information content (AvgIpc) is 2.90. The quantitative estimate of drug-likeness (QED) is 0.232. The van der Waals surface area contributed by atoms with Gasteiger partial charge < -0.3 is 41.1 Å². The molecular formula is C25H36BrN5O7. The van der Waals surface area contributed by atoms with Gasteiger partial charge in [-0.15, -0.1) is 0 Å². The maximum Gasteiger partial charge on any atom is 0.328 e. The Morgan fingerprint density at radius 3 is 2.13 bits per heavy atom. The minimum absolute atomic E-state index is 0.0229. The van der Waals surface area contributed by atoms with Gasteiger partial charge in [-0.25, -0.2) is 14.4 Å². The molecule has 13 heteroatoms. The fourth-order valence-electron chi connectivity index (χ4n) is 4.42. The van der Waals surface area contributed by atoms with Gasteiger partial charge in [0.2, 0.25) is 0 Å². The molecule has 1 aromatic rings. The van der Waals surface area contributed by atoms with Gasteiger partial charge in [0.05, 0.1) is 12.7 Å². The Morgan fingerprint density at radius 2 is 1.63 bits per heavy atom. The summed E-state index contributed by atoms with van der Waals surface area (Å²) in [7, 11) is 3.22. The summed E-state index contributed by atoms with van der Waals surface area (Å²) in [5, 5.41) is 21.5. The lowest BCUT2D eigenvalue weighted by molar-refractivity contribution is -0.134. The normalized spacial score (nSPS) is 16.9. The first-order valence-electron chi connectivity index (χ1n) is 12.3. The number of carboxylic acid groups (broad SMARTS) is 2. The van der Waals surface area contributed by atoms with E-state index in [0.717, 1.165) is 58.4 Å². The highest BCUT2D eigenvalue weighted by Crippen LogP contribution is 2.29. The smallest absolute Gasteiger partial charge is 0.328 e. The van der Waals surface area contributed by atoms with Crippen molar-refractivity contribution in [3.63, 3.8) is 0 Å². The first kappa shape index (κ1) is 30.9. The zero-order valence-corrected chi connectivity index (χ0v) is 23.2. The molecule has 2 fully saturated rings. The van der Waals surface area contributed by atoms with Crippen LogP contribution in [0.4, 0.5) is 10.5 Å². The molecule has 0 unspecified atom stereocenters. The van der Waals surface area contributed by atoms with Crippen molar-refractivity contribution in [1.82, 2.24) is 20.4 Å². The number of ether oxygens (including phenoxy) is 1. The molecule has 12 nitrogen and oxygen atoms in total. The number of piperidine rings is 2. The predicted molar refractivity (Wildman–Crippen MR) is 145 cm³/mol. The van der Waals surface area contributed by atoms with Crippen LogP contribution in [0.25, 0.3) is 0 Å². The average molecular weight is 598 g/mol. The molecule has 210 valence electrons. The zero-order chi connectivity index (χ0) is 28.2. The summed E-state index contributed by atoms with van der Waals surface area (Å²) in [6, 6.07) is 3.56. The van der Waals surface area contributed by atoms with Crippen LogP contribution in [0.5, 0.6) is 5.75 Å². The molecule has 1 aromatic carbocycles. The number of benzene rings is 1. The second kappa shape index (κ2) is 15.2. The number of carbonyl (C=O) groups is 4. The molecule has 2 heterocycles.